The smallest absolute Gasteiger partial charge is 0.138 e. The third kappa shape index (κ3) is 1.92. The molecule has 4 aromatic rings. The zero-order chi connectivity index (χ0) is 14.2. The van der Waals surface area contributed by atoms with Crippen LogP contribution in [0.4, 0.5) is 5.69 Å². The Bertz CT molecular complexity index is 940. The van der Waals surface area contributed by atoms with Gasteiger partial charge in [-0.05, 0) is 29.8 Å². The molecule has 4 rings (SSSR count). The molecular weight excluding hydrogens is 260 g/mol. The van der Waals surface area contributed by atoms with Crippen molar-refractivity contribution < 1.29 is 0 Å². The summed E-state index contributed by atoms with van der Waals surface area (Å²) in [7, 11) is 1.90. The van der Waals surface area contributed by atoms with Gasteiger partial charge in [0.1, 0.15) is 5.65 Å². The zero-order valence-electron chi connectivity index (χ0n) is 11.6. The van der Waals surface area contributed by atoms with E-state index in [1.54, 1.807) is 0 Å². The quantitative estimate of drug-likeness (QED) is 0.584. The van der Waals surface area contributed by atoms with Gasteiger partial charge in [-0.2, -0.15) is 0 Å². The maximum Gasteiger partial charge on any atom is 0.138 e. The van der Waals surface area contributed by atoms with Gasteiger partial charge in [-0.3, -0.25) is 4.98 Å². The molecule has 4 heteroatoms. The van der Waals surface area contributed by atoms with Gasteiger partial charge in [-0.1, -0.05) is 12.1 Å². The van der Waals surface area contributed by atoms with Crippen LogP contribution in [0, 0.1) is 0 Å². The third-order valence-corrected chi connectivity index (χ3v) is 3.73. The highest BCUT2D eigenvalue weighted by Crippen LogP contribution is 2.30. The summed E-state index contributed by atoms with van der Waals surface area (Å²) in [4.78, 5) is 12.0. The summed E-state index contributed by atoms with van der Waals surface area (Å²) in [6.07, 6.45) is 5.65. The number of hydrogen-bond acceptors (Lipinski definition) is 3. The Kier molecular flexibility index (Phi) is 2.60. The van der Waals surface area contributed by atoms with Crippen LogP contribution in [0.15, 0.2) is 55.0 Å². The first-order valence-electron chi connectivity index (χ1n) is 6.85. The molecule has 0 saturated heterocycles. The Balaban J connectivity index is 1.94. The van der Waals surface area contributed by atoms with Crippen LogP contribution in [-0.2, 0) is 0 Å². The number of nitrogens with one attached hydrogen (secondary N) is 2. The van der Waals surface area contributed by atoms with Crippen LogP contribution in [0.1, 0.15) is 0 Å². The van der Waals surface area contributed by atoms with Gasteiger partial charge < -0.3 is 10.3 Å². The average molecular weight is 274 g/mol. The van der Waals surface area contributed by atoms with Crippen molar-refractivity contribution in [2.45, 2.75) is 0 Å². The second-order valence-electron chi connectivity index (χ2n) is 4.98. The molecule has 102 valence electrons. The van der Waals surface area contributed by atoms with Crippen molar-refractivity contribution in [3.8, 4) is 11.1 Å². The van der Waals surface area contributed by atoms with Crippen LogP contribution >= 0.6 is 0 Å². The van der Waals surface area contributed by atoms with E-state index in [1.807, 2.05) is 31.7 Å². The summed E-state index contributed by atoms with van der Waals surface area (Å²) >= 11 is 0. The Hall–Kier alpha value is -2.88. The lowest BCUT2D eigenvalue weighted by atomic mass is 10.0. The topological polar surface area (TPSA) is 53.6 Å². The first-order chi connectivity index (χ1) is 10.3. The SMILES string of the molecule is CNc1cnc2[nH]cc(-c3ccc4ncccc4c3)c2c1. The van der Waals surface area contributed by atoms with Crippen molar-refractivity contribution in [2.75, 3.05) is 12.4 Å². The molecule has 0 aliphatic rings. The van der Waals surface area contributed by atoms with Crippen molar-refractivity contribution in [2.24, 2.45) is 0 Å². The van der Waals surface area contributed by atoms with E-state index in [0.717, 1.165) is 38.8 Å². The van der Waals surface area contributed by atoms with Gasteiger partial charge in [-0.15, -0.1) is 0 Å². The summed E-state index contributed by atoms with van der Waals surface area (Å²) in [5.41, 5.74) is 5.23. The van der Waals surface area contributed by atoms with Crippen LogP contribution in [0.25, 0.3) is 33.1 Å². The van der Waals surface area contributed by atoms with Gasteiger partial charge in [-0.25, -0.2) is 4.98 Å². The maximum atomic E-state index is 4.43. The standard InChI is InChI=1S/C17H14N4/c1-18-13-8-14-15(10-21-17(14)20-9-13)11-4-5-16-12(7-11)3-2-6-19-16/h2-10,18H,1H3,(H,20,21). The fraction of sp³-hybridized carbons (Fsp3) is 0.0588. The van der Waals surface area contributed by atoms with Gasteiger partial charge >= 0.3 is 0 Å². The molecule has 3 heterocycles. The van der Waals surface area contributed by atoms with Crippen LogP contribution in [0.3, 0.4) is 0 Å². The maximum absolute atomic E-state index is 4.43. The predicted molar refractivity (Wildman–Crippen MR) is 86.4 cm³/mol. The lowest BCUT2D eigenvalue weighted by Gasteiger charge is -2.04. The molecule has 0 radical (unpaired) electrons. The van der Waals surface area contributed by atoms with E-state index in [0.29, 0.717) is 0 Å². The largest absolute Gasteiger partial charge is 0.387 e. The lowest BCUT2D eigenvalue weighted by molar-refractivity contribution is 1.31. The van der Waals surface area contributed by atoms with Gasteiger partial charge in [0.15, 0.2) is 0 Å². The van der Waals surface area contributed by atoms with Crippen LogP contribution in [0.2, 0.25) is 0 Å². The van der Waals surface area contributed by atoms with Gasteiger partial charge in [0.05, 0.1) is 17.4 Å². The number of hydrogen-bond donors (Lipinski definition) is 2. The molecule has 0 aliphatic heterocycles. The number of pyridine rings is 2. The van der Waals surface area contributed by atoms with Crippen LogP contribution < -0.4 is 5.32 Å². The third-order valence-electron chi connectivity index (χ3n) is 3.73. The molecule has 0 spiro atoms. The number of H-pyrrole nitrogens is 1. The number of aromatic amines is 1. The lowest BCUT2D eigenvalue weighted by Crippen LogP contribution is -1.89. The number of rotatable bonds is 2. The van der Waals surface area contributed by atoms with Crippen molar-refractivity contribution >= 4 is 27.6 Å². The van der Waals surface area contributed by atoms with Gasteiger partial charge in [0.2, 0.25) is 0 Å². The van der Waals surface area contributed by atoms with E-state index in [9.17, 15) is 0 Å². The van der Waals surface area contributed by atoms with Crippen LogP contribution in [-0.4, -0.2) is 22.0 Å². The number of aromatic nitrogens is 3. The molecule has 2 N–H and O–H groups in total. The van der Waals surface area contributed by atoms with Crippen molar-refractivity contribution in [1.82, 2.24) is 15.0 Å². The van der Waals surface area contributed by atoms with Crippen molar-refractivity contribution in [3.05, 3.63) is 55.0 Å². The average Bonchev–Trinajstić information content (AvgIpc) is 2.97. The Morgan fingerprint density at radius 3 is 2.95 bits per heavy atom. The summed E-state index contributed by atoms with van der Waals surface area (Å²) in [5.74, 6) is 0. The number of anilines is 1. The highest BCUT2D eigenvalue weighted by atomic mass is 14.9. The second kappa shape index (κ2) is 4.59. The van der Waals surface area contributed by atoms with Crippen molar-refractivity contribution in [3.63, 3.8) is 0 Å². The molecule has 0 aliphatic carbocycles. The fourth-order valence-corrected chi connectivity index (χ4v) is 2.62. The van der Waals surface area contributed by atoms with E-state index < -0.39 is 0 Å². The normalized spacial score (nSPS) is 11.1. The monoisotopic (exact) mass is 274 g/mol. The van der Waals surface area contributed by atoms with Gasteiger partial charge in [0, 0.05) is 35.8 Å². The minimum absolute atomic E-state index is 0.898. The molecule has 0 unspecified atom stereocenters. The Morgan fingerprint density at radius 2 is 2.05 bits per heavy atom. The molecule has 1 aromatic carbocycles. The number of nitrogens with zero attached hydrogens (tertiary/aromatic N) is 2. The van der Waals surface area contributed by atoms with E-state index in [-0.39, 0.29) is 0 Å². The van der Waals surface area contributed by atoms with E-state index >= 15 is 0 Å². The Morgan fingerprint density at radius 1 is 1.10 bits per heavy atom. The molecule has 0 bridgehead atoms. The number of fused-ring (bicyclic) bond motifs is 2. The molecule has 21 heavy (non-hydrogen) atoms. The summed E-state index contributed by atoms with van der Waals surface area (Å²) < 4.78 is 0. The summed E-state index contributed by atoms with van der Waals surface area (Å²) in [6, 6.07) is 12.5. The summed E-state index contributed by atoms with van der Waals surface area (Å²) in [5, 5.41) is 5.39. The molecule has 0 saturated carbocycles. The van der Waals surface area contributed by atoms with E-state index in [2.05, 4.69) is 50.6 Å². The Labute approximate surface area is 121 Å². The van der Waals surface area contributed by atoms with E-state index in [4.69, 9.17) is 0 Å². The highest BCUT2D eigenvalue weighted by Gasteiger charge is 2.08. The van der Waals surface area contributed by atoms with E-state index in [1.165, 1.54) is 0 Å². The molecular formula is C17H14N4. The molecule has 0 fully saturated rings. The second-order valence-corrected chi connectivity index (χ2v) is 4.98. The molecule has 4 nitrogen and oxygen atoms in total. The predicted octanol–water partition coefficient (Wildman–Crippen LogP) is 3.82. The van der Waals surface area contributed by atoms with Gasteiger partial charge in [0.25, 0.3) is 0 Å². The molecule has 3 aromatic heterocycles. The van der Waals surface area contributed by atoms with Crippen LogP contribution in [0.5, 0.6) is 0 Å². The molecule has 0 atom stereocenters. The molecule has 0 amide bonds. The number of benzene rings is 1. The minimum Gasteiger partial charge on any atom is -0.387 e. The highest BCUT2D eigenvalue weighted by molar-refractivity contribution is 5.97. The zero-order valence-corrected chi connectivity index (χ0v) is 11.6. The fourth-order valence-electron chi connectivity index (χ4n) is 2.62. The first kappa shape index (κ1) is 11.9. The van der Waals surface area contributed by atoms with Crippen molar-refractivity contribution in [1.29, 1.82) is 0 Å². The minimum atomic E-state index is 0.898. The summed E-state index contributed by atoms with van der Waals surface area (Å²) in [6.45, 7) is 0. The first-order valence-corrected chi connectivity index (χ1v) is 6.85.